The van der Waals surface area contributed by atoms with Crippen molar-refractivity contribution >= 4 is 84.7 Å². The van der Waals surface area contributed by atoms with Crippen LogP contribution in [0.2, 0.25) is 0 Å². The number of aliphatic carboxylic acids is 4. The summed E-state index contributed by atoms with van der Waals surface area (Å²) in [5.41, 5.74) is 8.58. The van der Waals surface area contributed by atoms with Gasteiger partial charge in [0.2, 0.25) is 11.6 Å². The molecule has 0 radical (unpaired) electrons. The number of allylic oxidation sites excluding steroid dienone is 7. The van der Waals surface area contributed by atoms with E-state index in [9.17, 15) is 79.6 Å². The zero-order chi connectivity index (χ0) is 72.0. The number of amides is 3. The Balaban J connectivity index is 1.14. The van der Waals surface area contributed by atoms with Gasteiger partial charge in [0.05, 0.1) is 35.3 Å². The van der Waals surface area contributed by atoms with Crippen LogP contribution in [0.25, 0.3) is 0 Å². The summed E-state index contributed by atoms with van der Waals surface area (Å²) >= 11 is 0. The van der Waals surface area contributed by atoms with Crippen LogP contribution in [0.4, 0.5) is 16.2 Å². The van der Waals surface area contributed by atoms with Crippen LogP contribution in [-0.4, -0.2) is 147 Å². The Hall–Kier alpha value is -8.33. The Morgan fingerprint density at radius 2 is 1.32 bits per heavy atom. The van der Waals surface area contributed by atoms with Gasteiger partial charge < -0.3 is 46.0 Å². The van der Waals surface area contributed by atoms with Gasteiger partial charge in [0.15, 0.2) is 11.5 Å². The number of anilines is 1. The third kappa shape index (κ3) is 24.3. The van der Waals surface area contributed by atoms with E-state index >= 15 is 0 Å². The van der Waals surface area contributed by atoms with Crippen molar-refractivity contribution in [1.82, 2.24) is 16.0 Å². The summed E-state index contributed by atoms with van der Waals surface area (Å²) in [4.78, 5) is 101. The number of Topliss-reactive ketones (excluding diaryl/α,β-unsaturated/α-hetero) is 2. The number of ether oxygens (including phenoxy) is 1. The minimum absolute atomic E-state index is 0.0219. The molecule has 0 bridgehead atoms. The first-order chi connectivity index (χ1) is 46.2. The van der Waals surface area contributed by atoms with E-state index in [2.05, 4.69) is 95.6 Å². The minimum Gasteiger partial charge on any atom is -0.481 e. The molecule has 0 spiro atoms. The number of carboxylic acids is 4. The molecule has 3 aromatic rings. The van der Waals surface area contributed by atoms with Crippen molar-refractivity contribution in [2.24, 2.45) is 5.92 Å². The quantitative estimate of drug-likeness (QED) is 0.0144. The lowest BCUT2D eigenvalue weighted by Gasteiger charge is -2.27. The number of benzene rings is 3. The van der Waals surface area contributed by atoms with Gasteiger partial charge in [-0.3, -0.25) is 37.9 Å². The Bertz CT molecular complexity index is 3790. The molecule has 2 aliphatic heterocycles. The fraction of sp³-hybridized carbons (Fsp3) is 0.514. The molecule has 3 aliphatic rings. The normalized spacial score (nSPS) is 16.7. The van der Waals surface area contributed by atoms with E-state index in [4.69, 9.17) is 9.84 Å². The molecule has 534 valence electrons. The van der Waals surface area contributed by atoms with Crippen molar-refractivity contribution in [2.75, 3.05) is 36.0 Å². The molecular formula is C72H96N5O19S2+. The van der Waals surface area contributed by atoms with Crippen LogP contribution in [0.3, 0.4) is 0 Å². The number of unbranched alkanes of at least 4 members (excludes halogenated alkanes) is 7. The molecule has 24 nitrogen and oxygen atoms in total. The van der Waals surface area contributed by atoms with Gasteiger partial charge in [0, 0.05) is 86.1 Å². The Labute approximate surface area is 574 Å². The van der Waals surface area contributed by atoms with E-state index in [-0.39, 0.29) is 81.6 Å². The lowest BCUT2D eigenvalue weighted by Crippen LogP contribution is -2.46. The maximum atomic E-state index is 13.8. The van der Waals surface area contributed by atoms with Crippen LogP contribution in [0.1, 0.15) is 185 Å². The van der Waals surface area contributed by atoms with E-state index in [1.54, 1.807) is 24.3 Å². The van der Waals surface area contributed by atoms with Crippen LogP contribution >= 0.6 is 0 Å². The average Bonchev–Trinajstić information content (AvgIpc) is 1.60. The highest BCUT2D eigenvalue weighted by molar-refractivity contribution is 7.86. The van der Waals surface area contributed by atoms with Crippen LogP contribution in [-0.2, 0) is 71.0 Å². The topological polar surface area (TPSA) is 378 Å². The molecule has 0 saturated carbocycles. The van der Waals surface area contributed by atoms with Crippen LogP contribution in [0, 0.1) is 12.8 Å². The number of aryl methyl sites for hydroxylation is 1. The summed E-state index contributed by atoms with van der Waals surface area (Å²) in [5.74, 6) is -7.48. The lowest BCUT2D eigenvalue weighted by atomic mass is 9.81. The number of nitrogens with zero attached hydrogens (tertiary/aromatic N) is 2. The van der Waals surface area contributed by atoms with Crippen molar-refractivity contribution in [2.45, 2.75) is 199 Å². The summed E-state index contributed by atoms with van der Waals surface area (Å²) in [6.07, 6.45) is 14.0. The van der Waals surface area contributed by atoms with E-state index in [0.29, 0.717) is 87.9 Å². The van der Waals surface area contributed by atoms with E-state index < -0.39 is 104 Å². The predicted molar refractivity (Wildman–Crippen MR) is 370 cm³/mol. The van der Waals surface area contributed by atoms with Gasteiger partial charge in [-0.15, -0.1) is 0 Å². The van der Waals surface area contributed by atoms with Crippen LogP contribution < -0.4 is 25.6 Å². The van der Waals surface area contributed by atoms with E-state index in [0.717, 1.165) is 63.5 Å². The Morgan fingerprint density at radius 3 is 1.97 bits per heavy atom. The third-order valence-electron chi connectivity index (χ3n) is 18.1. The monoisotopic (exact) mass is 1400 g/mol. The highest BCUT2D eigenvalue weighted by Crippen LogP contribution is 2.49. The zero-order valence-corrected chi connectivity index (χ0v) is 58.3. The SMILES string of the molecule is Cc1ccc2c(c1)C(C)(C)/C(=C\C=C1/CCCC(/C=C/C3=[N+](CCCCS(=O)(=O)O)c4ccccc4C3(C)C)=C1Oc1ccc(C[C@H](CC(=O)[C@H](CC(=O)O)NC(=O)CCCCCCCCC(=O)CC[C@H](NC(=O)NCCCC(=O)O)C(=O)O)C(=O)O)cc1)N2CCCCS(=O)(=O)O. The summed E-state index contributed by atoms with van der Waals surface area (Å²) in [6.45, 7) is 11.6. The molecule has 3 amide bonds. The fourth-order valence-electron chi connectivity index (χ4n) is 12.8. The third-order valence-corrected chi connectivity index (χ3v) is 19.7. The predicted octanol–water partition coefficient (Wildman–Crippen LogP) is 10.6. The number of ketones is 2. The number of fused-ring (bicyclic) bond motifs is 2. The number of para-hydroxylation sites is 1. The average molecular weight is 1400 g/mol. The molecule has 26 heteroatoms. The van der Waals surface area contributed by atoms with Crippen molar-refractivity contribution in [1.29, 1.82) is 0 Å². The first kappa shape index (κ1) is 78.7. The molecule has 0 aromatic heterocycles. The second kappa shape index (κ2) is 36.5. The second-order valence-corrected chi connectivity index (χ2v) is 29.8. The molecule has 98 heavy (non-hydrogen) atoms. The minimum atomic E-state index is -4.15. The van der Waals surface area contributed by atoms with Gasteiger partial charge in [-0.25, -0.2) is 9.59 Å². The molecule has 0 unspecified atom stereocenters. The van der Waals surface area contributed by atoms with Crippen molar-refractivity contribution in [3.8, 4) is 5.75 Å². The molecular weight excluding hydrogens is 1300 g/mol. The van der Waals surface area contributed by atoms with Crippen LogP contribution in [0.5, 0.6) is 5.75 Å². The smallest absolute Gasteiger partial charge is 0.326 e. The summed E-state index contributed by atoms with van der Waals surface area (Å²) in [5, 5.41) is 45.6. The van der Waals surface area contributed by atoms with Crippen LogP contribution in [0.15, 0.2) is 114 Å². The van der Waals surface area contributed by atoms with Gasteiger partial charge in [0.25, 0.3) is 20.2 Å². The van der Waals surface area contributed by atoms with Gasteiger partial charge >= 0.3 is 29.9 Å². The molecule has 9 N–H and O–H groups in total. The van der Waals surface area contributed by atoms with Crippen molar-refractivity contribution < 1.29 is 94.0 Å². The van der Waals surface area contributed by atoms with Gasteiger partial charge in [-0.1, -0.05) is 93.6 Å². The summed E-state index contributed by atoms with van der Waals surface area (Å²) in [7, 11) is -8.30. The maximum Gasteiger partial charge on any atom is 0.326 e. The molecule has 3 atom stereocenters. The number of carbonyl (C=O) groups excluding carboxylic acids is 4. The highest BCUT2D eigenvalue weighted by Gasteiger charge is 2.44. The number of hydrogen-bond acceptors (Lipinski definition) is 14. The standard InChI is InChI=1S/C72H95N5O19S2/c1-48-27-36-60-56(44-48)72(4,5)63(77(60)41-15-17-43-98(93,94)95)38-31-51-21-18-20-50(30-37-62-71(2,3)55-23-12-13-24-59(55)76(62)40-14-16-42-97(90,91)92)67(51)96-54-33-28-49(29-34-54)45-52(68(85)86)46-61(79)58(47-66(83)84)74-64(80)25-11-9-7-6-8-10-22-53(78)32-35-57(69(87)88)75-70(89)73-39-19-26-65(81)82/h12-13,23-24,27-31,33-34,36-38,44,52,57-58H,6-11,14-22,25-26,32,35,39-43,45-47H2,1-5H3,(H8-,73,74,75,80,81,82,83,84,85,86,87,88,89,90,91,92,93,94,95)/p+1/t52-,57+,58+/m1/s1. The largest absolute Gasteiger partial charge is 0.481 e. The molecule has 0 saturated heterocycles. The number of urea groups is 1. The van der Waals surface area contributed by atoms with Crippen molar-refractivity contribution in [3.05, 3.63) is 136 Å². The second-order valence-electron chi connectivity index (χ2n) is 26.6. The van der Waals surface area contributed by atoms with Gasteiger partial charge in [-0.05, 0) is 144 Å². The molecule has 2 heterocycles. The fourth-order valence-corrected chi connectivity index (χ4v) is 13.9. The number of hydrogen-bond donors (Lipinski definition) is 9. The highest BCUT2D eigenvalue weighted by atomic mass is 32.2. The van der Waals surface area contributed by atoms with E-state index in [1.807, 2.05) is 31.2 Å². The number of carboxylic acid groups (broad SMARTS) is 4. The summed E-state index contributed by atoms with van der Waals surface area (Å²) < 4.78 is 74.9. The van der Waals surface area contributed by atoms with Crippen molar-refractivity contribution in [3.63, 3.8) is 0 Å². The Morgan fingerprint density at radius 1 is 0.653 bits per heavy atom. The first-order valence-corrected chi connectivity index (χ1v) is 36.9. The summed E-state index contributed by atoms with van der Waals surface area (Å²) in [6, 6.07) is 17.6. The zero-order valence-electron chi connectivity index (χ0n) is 56.7. The molecule has 3 aromatic carbocycles. The van der Waals surface area contributed by atoms with E-state index in [1.165, 1.54) is 0 Å². The van der Waals surface area contributed by atoms with Gasteiger partial charge in [-0.2, -0.15) is 21.4 Å². The lowest BCUT2D eigenvalue weighted by molar-refractivity contribution is -0.438. The number of nitrogens with one attached hydrogen (secondary N) is 3. The molecule has 1 aliphatic carbocycles. The first-order valence-electron chi connectivity index (χ1n) is 33.6. The number of carbonyl (C=O) groups is 8. The molecule has 6 rings (SSSR count). The molecule has 0 fully saturated rings. The Kier molecular flexibility index (Phi) is 29.3. The maximum absolute atomic E-state index is 13.8. The number of rotatable bonds is 42. The van der Waals surface area contributed by atoms with Gasteiger partial charge in [0.1, 0.15) is 29.9 Å².